The maximum absolute atomic E-state index is 12.5. The summed E-state index contributed by atoms with van der Waals surface area (Å²) in [5.41, 5.74) is 10.5. The molecule has 5 N–H and O–H groups in total. The number of hydrogen-bond donors (Lipinski definition) is 5. The Balaban J connectivity index is 0.000000194. The Hall–Kier alpha value is -10.1. The van der Waals surface area contributed by atoms with Crippen molar-refractivity contribution in [3.05, 3.63) is 69.6 Å². The predicted molar refractivity (Wildman–Crippen MR) is 519 cm³/mol. The molecule has 8 saturated heterocycles. The second-order valence-electron chi connectivity index (χ2n) is 33.6. The predicted octanol–water partition coefficient (Wildman–Crippen LogP) is 2.77. The SMILES string of the molecule is CC(=O)OOC(C)=O.COc1ncc(-c2nc(N3CCOCC3)nc3c(CN4CCN(C(=O)OC(C)(C)C)CC4)csc23)cc1NS(C)(=O)=O.COc1ncc(-c2nc(N3CCOCC3)nc3c(CN4CCN(C5COC5)CC4)csc23)cc1NS(C)(=O)=O.COc1ncc(-c2nc(N3CCOCC3)nc3c(CN4CCNCC4)csc23)cc1NS(C)(=O)=O.O=C(O)C(F)(F)F.O=C1COC1.[B-]OC(C)=O.[Na+]. The van der Waals surface area contributed by atoms with E-state index in [1.807, 2.05) is 20.8 Å². The van der Waals surface area contributed by atoms with Gasteiger partial charge in [0.05, 0.1) is 147 Å². The molecule has 17 heterocycles. The van der Waals surface area contributed by atoms with Gasteiger partial charge >= 0.3 is 59.7 Å². The first-order valence-corrected chi connectivity index (χ1v) is 52.4. The van der Waals surface area contributed by atoms with Crippen LogP contribution in [0.2, 0.25) is 0 Å². The summed E-state index contributed by atoms with van der Waals surface area (Å²) >= 11 is 4.75. The number of piperazine rings is 3. The molecule has 769 valence electrons. The van der Waals surface area contributed by atoms with E-state index < -0.39 is 65.7 Å². The van der Waals surface area contributed by atoms with Crippen LogP contribution in [0.15, 0.2) is 52.9 Å². The van der Waals surface area contributed by atoms with Gasteiger partial charge in [0.1, 0.15) is 35.9 Å². The Morgan fingerprint density at radius 1 is 0.493 bits per heavy atom. The second kappa shape index (κ2) is 52.6. The van der Waals surface area contributed by atoms with Crippen molar-refractivity contribution in [1.82, 2.24) is 74.7 Å². The molecule has 3 radical (unpaired) electrons. The molecule has 0 bridgehead atoms. The van der Waals surface area contributed by atoms with E-state index in [2.05, 4.69) is 112 Å². The number of alkyl halides is 3. The van der Waals surface area contributed by atoms with Crippen molar-refractivity contribution in [3.8, 4) is 51.4 Å². The Morgan fingerprint density at radius 3 is 1.06 bits per heavy atom. The van der Waals surface area contributed by atoms with Gasteiger partial charge in [0.25, 0.3) is 0 Å². The fourth-order valence-electron chi connectivity index (χ4n) is 14.6. The number of sulfonamides is 3. The molecule has 0 atom stereocenters. The number of methoxy groups -OCH3 is 3. The van der Waals surface area contributed by atoms with Gasteiger partial charge in [-0.3, -0.25) is 43.4 Å². The first-order chi connectivity index (χ1) is 66.9. The van der Waals surface area contributed by atoms with Gasteiger partial charge in [0.15, 0.2) is 5.78 Å². The van der Waals surface area contributed by atoms with Crippen molar-refractivity contribution in [3.63, 3.8) is 0 Å². The van der Waals surface area contributed by atoms with Gasteiger partial charge in [-0.1, -0.05) is 0 Å². The summed E-state index contributed by atoms with van der Waals surface area (Å²) in [6.45, 7) is 32.3. The maximum Gasteiger partial charge on any atom is 1.00 e. The minimum Gasteiger partial charge on any atom is -0.793 e. The number of thiophene rings is 3. The van der Waals surface area contributed by atoms with Crippen LogP contribution in [0.5, 0.6) is 17.6 Å². The Kier molecular flexibility index (Phi) is 42.2. The number of aromatic nitrogens is 9. The quantitative estimate of drug-likeness (QED) is 0.0370. The monoisotopic (exact) mass is 2110 g/mol. The zero-order valence-corrected chi connectivity index (χ0v) is 87.6. The summed E-state index contributed by atoms with van der Waals surface area (Å²) in [7, 11) is -1.95. The molecule has 0 saturated carbocycles. The summed E-state index contributed by atoms with van der Waals surface area (Å²) in [6.07, 6.45) is 2.87. The number of carbonyl (C=O) groups is 6. The summed E-state index contributed by atoms with van der Waals surface area (Å²) in [5.74, 6) is -1.86. The van der Waals surface area contributed by atoms with E-state index in [0.29, 0.717) is 171 Å². The average molecular weight is 2110 g/mol. The minimum absolute atomic E-state index is 0. The molecule has 9 aromatic rings. The molecule has 0 aromatic carbocycles. The molecular weight excluding hydrogens is 2000 g/mol. The van der Waals surface area contributed by atoms with Gasteiger partial charge in [-0.25, -0.2) is 99.1 Å². The number of aliphatic carboxylic acids is 1. The maximum atomic E-state index is 12.5. The summed E-state index contributed by atoms with van der Waals surface area (Å²) < 4.78 is 165. The van der Waals surface area contributed by atoms with Gasteiger partial charge in [0.2, 0.25) is 71.5 Å². The zero-order valence-electron chi connectivity index (χ0n) is 80.7. The number of pyridine rings is 3. The first kappa shape index (κ1) is 114. The van der Waals surface area contributed by atoms with E-state index in [4.69, 9.17) is 77.7 Å². The number of carboxylic acids is 1. The topological polar surface area (TPSA) is 526 Å². The number of ether oxygens (including phenoxy) is 9. The van der Waals surface area contributed by atoms with E-state index in [1.165, 1.54) is 39.4 Å². The van der Waals surface area contributed by atoms with Crippen LogP contribution in [0.3, 0.4) is 0 Å². The summed E-state index contributed by atoms with van der Waals surface area (Å²) in [4.78, 5) is 129. The van der Waals surface area contributed by atoms with Crippen LogP contribution in [0.25, 0.3) is 64.4 Å². The third-order valence-corrected chi connectivity index (χ3v) is 26.2. The third-order valence-electron chi connectivity index (χ3n) is 21.3. The van der Waals surface area contributed by atoms with E-state index >= 15 is 0 Å². The molecular formula is C85H113BF3N21NaO25S6. The number of nitrogens with one attached hydrogen (secondary N) is 4. The second-order valence-corrected chi connectivity index (χ2v) is 41.4. The number of morpholine rings is 3. The van der Waals surface area contributed by atoms with Crippen LogP contribution in [0.4, 0.5) is 52.9 Å². The number of ketones is 1. The fourth-order valence-corrected chi connectivity index (χ4v) is 19.2. The van der Waals surface area contributed by atoms with Gasteiger partial charge in [-0.2, -0.15) is 13.2 Å². The number of rotatable bonds is 22. The number of carbonyl (C=O) groups excluding carboxylic acids is 5. The van der Waals surface area contributed by atoms with Crippen LogP contribution in [0.1, 0.15) is 58.2 Å². The largest absolute Gasteiger partial charge is 1.00 e. The zero-order chi connectivity index (χ0) is 102. The van der Waals surface area contributed by atoms with Crippen molar-refractivity contribution in [2.75, 3.05) is 253 Å². The van der Waals surface area contributed by atoms with E-state index in [9.17, 15) is 62.4 Å². The van der Waals surface area contributed by atoms with Crippen molar-refractivity contribution in [2.24, 2.45) is 0 Å². The molecule has 46 nitrogen and oxygen atoms in total. The van der Waals surface area contributed by atoms with E-state index in [0.717, 1.165) is 159 Å². The third kappa shape index (κ3) is 34.3. The van der Waals surface area contributed by atoms with Crippen molar-refractivity contribution < 1.29 is 159 Å². The van der Waals surface area contributed by atoms with Crippen molar-refractivity contribution in [1.29, 1.82) is 0 Å². The van der Waals surface area contributed by atoms with Gasteiger partial charge in [0, 0.05) is 210 Å². The molecule has 142 heavy (non-hydrogen) atoms. The van der Waals surface area contributed by atoms with Crippen molar-refractivity contribution in [2.45, 2.75) is 79.0 Å². The summed E-state index contributed by atoms with van der Waals surface area (Å²) in [6, 6.07) is 5.70. The number of carboxylic acid groups (broad SMARTS) is 1. The van der Waals surface area contributed by atoms with Crippen molar-refractivity contribution >= 4 is 173 Å². The van der Waals surface area contributed by atoms with Crippen LogP contribution < -0.4 is 78.0 Å². The molecule has 0 unspecified atom stereocenters. The van der Waals surface area contributed by atoms with Crippen LogP contribution in [-0.2, 0) is 117 Å². The van der Waals surface area contributed by atoms with E-state index in [-0.39, 0.29) is 76.1 Å². The number of anilines is 6. The molecule has 8 aliphatic heterocycles. The Bertz CT molecular complexity index is 6150. The first-order valence-electron chi connectivity index (χ1n) is 44.1. The number of Topliss-reactive ketones (excluding diaryl/α,β-unsaturated/α-hetero) is 1. The smallest absolute Gasteiger partial charge is 0.793 e. The number of amides is 1. The Labute approximate surface area is 853 Å². The minimum atomic E-state index is -5.08. The van der Waals surface area contributed by atoms with Crippen LogP contribution >= 0.6 is 34.0 Å². The molecule has 0 aliphatic carbocycles. The van der Waals surface area contributed by atoms with Gasteiger partial charge < -0.3 is 85.4 Å². The Morgan fingerprint density at radius 2 is 0.803 bits per heavy atom. The number of halogens is 3. The van der Waals surface area contributed by atoms with Crippen LogP contribution in [0, 0.1) is 0 Å². The molecule has 8 aliphatic rings. The van der Waals surface area contributed by atoms with Gasteiger partial charge in [-0.05, 0) is 55.1 Å². The summed E-state index contributed by atoms with van der Waals surface area (Å²) in [5, 5.41) is 16.9. The van der Waals surface area contributed by atoms with E-state index in [1.54, 1.807) is 75.7 Å². The molecule has 8 fully saturated rings. The number of hydrogen-bond acceptors (Lipinski definition) is 44. The number of nitrogens with zero attached hydrogens (tertiary/aromatic N) is 17. The standard InChI is InChI=1S/C27H37N7O6S2.C25H33N7O5S2.C22H29N7O4S2.C4H6O4.C3H4O2.C2H3BO2.C2HF3O2.Na/c1-27(2,3)40-26(35)34-8-6-32(7-9-34)16-19-17-41-23-21(29-25(30-22(19)23)33-10-12-39-13-11-33)18-14-20(31-42(5,36)37)24(38-4)28-15-18;1-35-24-20(29-39(2,33)34)11-17(12-26-24)21-23-22(28-25(27-21)32-7-9-36-10-8-32)18(16-38-23)13-30-3-5-31(6-4-30)19-14-37-15-19;1-32-21-17(27-35(2,30)31)11-15(12-24-21)18-20-19(26-22(25-18)29-7-9-33-10-8-29)16(14-34-20)13-28-5-3-23-4-6-28;1-3(5)7-8-4(2)6;4-3-1-5-2-3;1-2(4)5-3;3-2(4,5)1(6)7;/h14-15,17,31H,6-13,16H2,1-5H3;11-12,16,19,29H,3-10,13-15H2,1-2H3;11-12,14,23,27H,3-10,13H2,1-2H3;1-2H3;1-2H2;1H3;(H,6,7);/q;;;;;-1;;+1. The molecule has 0 spiro atoms. The average Bonchev–Trinajstić information content (AvgIpc) is 1.60. The van der Waals surface area contributed by atoms with Gasteiger partial charge in [-0.15, -0.1) is 34.0 Å². The molecule has 1 amide bonds. The number of fused-ring (bicyclic) bond motifs is 3. The normalized spacial score (nSPS) is 16.8. The fraction of sp³-hybridized carbons (Fsp3) is 0.541. The van der Waals surface area contributed by atoms with Crippen LogP contribution in [-0.4, -0.2) is 385 Å². The molecule has 17 rings (SSSR count). The molecule has 9 aromatic heterocycles. The molecule has 57 heteroatoms.